The average molecular weight is 378 g/mol. The van der Waals surface area contributed by atoms with E-state index in [-0.39, 0.29) is 18.4 Å². The number of methoxy groups -OCH3 is 1. The molecule has 6 nitrogen and oxygen atoms in total. The Bertz CT molecular complexity index is 925. The van der Waals surface area contributed by atoms with Gasteiger partial charge in [-0.25, -0.2) is 4.99 Å². The fourth-order valence-electron chi connectivity index (χ4n) is 4.27. The van der Waals surface area contributed by atoms with Crippen LogP contribution in [0.3, 0.4) is 0 Å². The Morgan fingerprint density at radius 1 is 1.32 bits per heavy atom. The minimum atomic E-state index is 0.0113. The number of carbonyl (C=O) groups excluding carboxylic acids is 1. The summed E-state index contributed by atoms with van der Waals surface area (Å²) in [4.78, 5) is 23.8. The molecule has 6 heteroatoms. The van der Waals surface area contributed by atoms with Gasteiger partial charge in [0, 0.05) is 31.2 Å². The number of aromatic nitrogens is 1. The number of hydrogen-bond acceptors (Lipinski definition) is 5. The quantitative estimate of drug-likeness (QED) is 0.884. The molecule has 1 N–H and O–H groups in total. The van der Waals surface area contributed by atoms with Crippen molar-refractivity contribution in [1.29, 1.82) is 0 Å². The van der Waals surface area contributed by atoms with Gasteiger partial charge < -0.3 is 15.0 Å². The zero-order valence-corrected chi connectivity index (χ0v) is 16.6. The summed E-state index contributed by atoms with van der Waals surface area (Å²) >= 11 is 0. The normalized spacial score (nSPS) is 21.3. The lowest BCUT2D eigenvalue weighted by Gasteiger charge is -2.22. The van der Waals surface area contributed by atoms with Gasteiger partial charge in [0.15, 0.2) is 0 Å². The van der Waals surface area contributed by atoms with E-state index in [0.29, 0.717) is 18.4 Å². The topological polar surface area (TPSA) is 66.8 Å². The maximum Gasteiger partial charge on any atom is 0.226 e. The van der Waals surface area contributed by atoms with Crippen LogP contribution in [0.15, 0.2) is 41.5 Å². The number of pyridine rings is 1. The second kappa shape index (κ2) is 7.72. The Balaban J connectivity index is 1.44. The summed E-state index contributed by atoms with van der Waals surface area (Å²) in [5.74, 6) is 0.937. The van der Waals surface area contributed by atoms with Gasteiger partial charge in [0.2, 0.25) is 11.8 Å². The van der Waals surface area contributed by atoms with E-state index in [4.69, 9.17) is 4.74 Å². The highest BCUT2D eigenvalue weighted by atomic mass is 16.5. The molecule has 0 bridgehead atoms. The summed E-state index contributed by atoms with van der Waals surface area (Å²) in [6, 6.07) is 10.5. The van der Waals surface area contributed by atoms with Gasteiger partial charge in [-0.3, -0.25) is 9.78 Å². The molecule has 1 fully saturated rings. The lowest BCUT2D eigenvalue weighted by Crippen LogP contribution is -2.40. The van der Waals surface area contributed by atoms with Crippen LogP contribution in [0.25, 0.3) is 0 Å². The van der Waals surface area contributed by atoms with Crippen molar-refractivity contribution < 1.29 is 9.53 Å². The van der Waals surface area contributed by atoms with Crippen molar-refractivity contribution in [2.24, 2.45) is 4.99 Å². The number of hydrogen-bond donors (Lipinski definition) is 1. The number of nitrogens with zero attached hydrogens (tertiary/aromatic N) is 3. The number of carbonyl (C=O) groups is 1. The first kappa shape index (κ1) is 18.6. The maximum absolute atomic E-state index is 12.7. The van der Waals surface area contributed by atoms with E-state index >= 15 is 0 Å². The van der Waals surface area contributed by atoms with Crippen LogP contribution in [0.1, 0.15) is 33.9 Å². The van der Waals surface area contributed by atoms with Gasteiger partial charge in [0.25, 0.3) is 0 Å². The Kier molecular flexibility index (Phi) is 5.13. The average Bonchev–Trinajstić information content (AvgIpc) is 3.24. The molecule has 0 saturated carbocycles. The second-order valence-corrected chi connectivity index (χ2v) is 7.69. The second-order valence-electron chi connectivity index (χ2n) is 7.69. The van der Waals surface area contributed by atoms with E-state index in [2.05, 4.69) is 58.4 Å². The third-order valence-electron chi connectivity index (χ3n) is 5.64. The molecule has 3 heterocycles. The van der Waals surface area contributed by atoms with Gasteiger partial charge in [-0.2, -0.15) is 0 Å². The number of nitrogens with one attached hydrogen (secondary N) is 1. The lowest BCUT2D eigenvalue weighted by atomic mass is 9.91. The van der Waals surface area contributed by atoms with Gasteiger partial charge in [-0.05, 0) is 36.7 Å². The summed E-state index contributed by atoms with van der Waals surface area (Å²) in [5.41, 5.74) is 5.34. The fourth-order valence-corrected chi connectivity index (χ4v) is 4.27. The van der Waals surface area contributed by atoms with Crippen LogP contribution in [-0.2, 0) is 22.5 Å². The molecule has 0 aliphatic carbocycles. The Labute approximate surface area is 165 Å². The number of ether oxygens (including phenoxy) is 1. The van der Waals surface area contributed by atoms with Crippen LogP contribution in [0.2, 0.25) is 0 Å². The smallest absolute Gasteiger partial charge is 0.226 e. The van der Waals surface area contributed by atoms with Crippen LogP contribution in [-0.4, -0.2) is 55.0 Å². The fraction of sp³-hybridized carbons (Fsp3) is 0.409. The largest absolute Gasteiger partial charge is 0.481 e. The van der Waals surface area contributed by atoms with Gasteiger partial charge in [-0.1, -0.05) is 24.3 Å². The van der Waals surface area contributed by atoms with Crippen molar-refractivity contribution in [3.63, 3.8) is 0 Å². The van der Waals surface area contributed by atoms with Crippen molar-refractivity contribution in [2.75, 3.05) is 27.2 Å². The van der Waals surface area contributed by atoms with Gasteiger partial charge in [0.05, 0.1) is 31.3 Å². The van der Waals surface area contributed by atoms with Gasteiger partial charge in [0.1, 0.15) is 0 Å². The number of benzene rings is 1. The molecule has 1 amide bonds. The number of likely N-dealkylation sites (N-methyl/N-ethyl adjacent to an activating group) is 1. The molecule has 1 aromatic carbocycles. The van der Waals surface area contributed by atoms with Crippen LogP contribution in [0.4, 0.5) is 0 Å². The van der Waals surface area contributed by atoms with E-state index in [1.165, 1.54) is 11.1 Å². The molecule has 1 aromatic heterocycles. The molecule has 1 saturated heterocycles. The van der Waals surface area contributed by atoms with E-state index in [1.54, 1.807) is 13.3 Å². The number of aliphatic imine (C=N–C) groups is 1. The molecule has 2 aromatic rings. The predicted octanol–water partition coefficient (Wildman–Crippen LogP) is 2.05. The summed E-state index contributed by atoms with van der Waals surface area (Å²) in [6.07, 6.45) is 2.03. The minimum Gasteiger partial charge on any atom is -0.481 e. The number of likely N-dealkylation sites (tertiary alicyclic amines) is 1. The number of aryl methyl sites for hydroxylation is 1. The standard InChI is InChI=1S/C22H26N4O2/c1-14-6-4-5-7-17(14)19-12-26(2)13-20(19)25-21(27)9-16-8-15-10-24-22(28-3)18(15)11-23-16/h4-8,11,19-20H,9-10,12-13H2,1-3H3,(H,25,27)/t19-,20+/m0/s1. The van der Waals surface area contributed by atoms with E-state index in [1.807, 2.05) is 6.07 Å². The molecule has 28 heavy (non-hydrogen) atoms. The number of amides is 1. The van der Waals surface area contributed by atoms with Gasteiger partial charge >= 0.3 is 0 Å². The van der Waals surface area contributed by atoms with E-state index in [0.717, 1.165) is 29.9 Å². The molecule has 0 spiro atoms. The van der Waals surface area contributed by atoms with Crippen LogP contribution >= 0.6 is 0 Å². The summed E-state index contributed by atoms with van der Waals surface area (Å²) in [7, 11) is 3.71. The summed E-state index contributed by atoms with van der Waals surface area (Å²) in [5, 5.41) is 3.25. The third-order valence-corrected chi connectivity index (χ3v) is 5.64. The SMILES string of the molecule is COC1=NCc2cc(CC(=O)N[C@@H]3CN(C)C[C@H]3c3ccccc3C)ncc21. The first-order valence-corrected chi connectivity index (χ1v) is 9.65. The van der Waals surface area contributed by atoms with Gasteiger partial charge in [-0.15, -0.1) is 0 Å². The lowest BCUT2D eigenvalue weighted by molar-refractivity contribution is -0.121. The third kappa shape index (κ3) is 3.64. The number of fused-ring (bicyclic) bond motifs is 1. The molecule has 2 aliphatic heterocycles. The minimum absolute atomic E-state index is 0.0113. The van der Waals surface area contributed by atoms with Crippen molar-refractivity contribution in [3.8, 4) is 0 Å². The van der Waals surface area contributed by atoms with Crippen molar-refractivity contribution in [3.05, 3.63) is 64.5 Å². The van der Waals surface area contributed by atoms with Crippen molar-refractivity contribution >= 4 is 11.8 Å². The summed E-state index contributed by atoms with van der Waals surface area (Å²) < 4.78 is 5.25. The van der Waals surface area contributed by atoms with Crippen LogP contribution in [0, 0.1) is 6.92 Å². The molecule has 4 rings (SSSR count). The molecular weight excluding hydrogens is 352 g/mol. The Morgan fingerprint density at radius 3 is 2.93 bits per heavy atom. The molecular formula is C22H26N4O2. The first-order chi connectivity index (χ1) is 13.5. The Morgan fingerprint density at radius 2 is 2.14 bits per heavy atom. The van der Waals surface area contributed by atoms with Crippen LogP contribution in [0.5, 0.6) is 0 Å². The summed E-state index contributed by atoms with van der Waals surface area (Å²) in [6.45, 7) is 4.52. The van der Waals surface area contributed by atoms with E-state index in [9.17, 15) is 4.79 Å². The van der Waals surface area contributed by atoms with E-state index < -0.39 is 0 Å². The highest BCUT2D eigenvalue weighted by Gasteiger charge is 2.33. The molecule has 2 atom stereocenters. The molecule has 2 aliphatic rings. The zero-order valence-electron chi connectivity index (χ0n) is 16.6. The highest BCUT2D eigenvalue weighted by molar-refractivity contribution is 5.97. The first-order valence-electron chi connectivity index (χ1n) is 9.65. The molecule has 146 valence electrons. The monoisotopic (exact) mass is 378 g/mol. The zero-order chi connectivity index (χ0) is 19.7. The molecule has 0 unspecified atom stereocenters. The van der Waals surface area contributed by atoms with Crippen molar-refractivity contribution in [1.82, 2.24) is 15.2 Å². The molecule has 0 radical (unpaired) electrons. The van der Waals surface area contributed by atoms with Crippen LogP contribution < -0.4 is 5.32 Å². The highest BCUT2D eigenvalue weighted by Crippen LogP contribution is 2.29. The maximum atomic E-state index is 12.7. The predicted molar refractivity (Wildman–Crippen MR) is 109 cm³/mol. The van der Waals surface area contributed by atoms with Crippen molar-refractivity contribution in [2.45, 2.75) is 31.8 Å². The Hall–Kier alpha value is -2.73. The number of rotatable bonds is 4.